The summed E-state index contributed by atoms with van der Waals surface area (Å²) in [6, 6.07) is 197. The lowest BCUT2D eigenvalue weighted by atomic mass is 9.97. The van der Waals surface area contributed by atoms with Crippen molar-refractivity contribution in [3.05, 3.63) is 564 Å². The molecule has 0 fully saturated rings. The Morgan fingerprint density at radius 3 is 0.419 bits per heavy atom. The van der Waals surface area contributed by atoms with E-state index in [0.717, 1.165) is 111 Å². The predicted molar refractivity (Wildman–Crippen MR) is 613 cm³/mol. The molecule has 0 atom stereocenters. The van der Waals surface area contributed by atoms with Gasteiger partial charge in [0, 0.05) is 50.1 Å². The zero-order valence-electron chi connectivity index (χ0n) is 80.7. The van der Waals surface area contributed by atoms with Crippen LogP contribution in [-0.4, -0.2) is 44.9 Å². The van der Waals surface area contributed by atoms with Crippen molar-refractivity contribution in [2.75, 3.05) is 0 Å². The first-order valence-corrected chi connectivity index (χ1v) is 49.8. The van der Waals surface area contributed by atoms with E-state index in [1.807, 2.05) is 54.6 Å². The van der Waals surface area contributed by atoms with E-state index in [2.05, 4.69) is 510 Å². The SMILES string of the molecule is c1ccc(-c2ccc(-c3nc(-c4ccc(-c5ccccc5)cc4)nc(-c4cccc(-c5ccc6cc(-c7ccccc7)ccc6c5)c4)n3)cc2)cc1.c1ccc(-c2ccc(-c3nc(-c4cccc(-c5ccc6cc(-c7ccccc7)ccc6c5)c4)nc(-c4ccc5ccccc5c4)n3)cc2)cc1.c1ccc(-c2ccc(-c3nc(-c4ccccc4)nc(-c4cccc(-c5ccc6cc(-c7ccccc7)ccc6c5)c4)n3)cc2)cc1. The predicted octanol–water partition coefficient (Wildman–Crippen LogP) is 35.9. The maximum absolute atomic E-state index is 5.07. The Hall–Kier alpha value is -19.9. The average molecular weight is 1890 g/mol. The molecule has 26 aromatic rings. The molecule has 0 saturated carbocycles. The largest absolute Gasteiger partial charge is 0.208 e. The van der Waals surface area contributed by atoms with Crippen LogP contribution in [0.25, 0.3) is 257 Å². The van der Waals surface area contributed by atoms with Crippen molar-refractivity contribution < 1.29 is 0 Å². The third kappa shape index (κ3) is 20.3. The molecule has 0 saturated heterocycles. The number of benzene rings is 23. The molecule has 0 bridgehead atoms. The van der Waals surface area contributed by atoms with Gasteiger partial charge in [-0.05, 0) is 215 Å². The molecule has 9 nitrogen and oxygen atoms in total. The van der Waals surface area contributed by atoms with Crippen molar-refractivity contribution >= 4 is 43.1 Å². The summed E-state index contributed by atoms with van der Waals surface area (Å²) in [7, 11) is 0. The van der Waals surface area contributed by atoms with Gasteiger partial charge in [0.05, 0.1) is 0 Å². The third-order valence-corrected chi connectivity index (χ3v) is 27.2. The highest BCUT2D eigenvalue weighted by molar-refractivity contribution is 5.96. The van der Waals surface area contributed by atoms with Crippen LogP contribution in [0.3, 0.4) is 0 Å². The molecule has 148 heavy (non-hydrogen) atoms. The van der Waals surface area contributed by atoms with Crippen LogP contribution in [0.2, 0.25) is 0 Å². The van der Waals surface area contributed by atoms with Crippen LogP contribution >= 0.6 is 0 Å². The average Bonchev–Trinajstić information content (AvgIpc) is 0.783. The topological polar surface area (TPSA) is 116 Å². The number of fused-ring (bicyclic) bond motifs is 4. The zero-order valence-corrected chi connectivity index (χ0v) is 80.7. The molecule has 0 spiro atoms. The molecule has 9 heteroatoms. The first kappa shape index (κ1) is 90.7. The molecule has 0 N–H and O–H groups in total. The monoisotopic (exact) mass is 1890 g/mol. The smallest absolute Gasteiger partial charge is 0.164 e. The van der Waals surface area contributed by atoms with Crippen molar-refractivity contribution in [2.45, 2.75) is 0 Å². The number of nitrogens with zero attached hydrogens (tertiary/aromatic N) is 9. The summed E-state index contributed by atoms with van der Waals surface area (Å²) >= 11 is 0. The van der Waals surface area contributed by atoms with E-state index in [9.17, 15) is 0 Å². The summed E-state index contributed by atoms with van der Waals surface area (Å²) in [5, 5.41) is 9.58. The minimum absolute atomic E-state index is 0.634. The molecule has 0 aliphatic rings. The van der Waals surface area contributed by atoms with Gasteiger partial charge in [-0.15, -0.1) is 0 Å². The Morgan fingerprint density at radius 2 is 0.182 bits per heavy atom. The van der Waals surface area contributed by atoms with Crippen LogP contribution < -0.4 is 0 Å². The summed E-state index contributed by atoms with van der Waals surface area (Å²) < 4.78 is 0. The standard InChI is InChI=1S/C49H33N3.C47H31N3.C43H29N3/c1-4-11-34(12-5-1)37-19-23-39(24-20-37)47-50-48(40-25-21-38(22-26-40)35-13-6-2-7-14-35)52-49(51-47)46-18-10-17-41(33-46)43-29-30-44-31-42(27-28-45(44)32-43)36-15-8-3-9-16-36;1-3-10-32(11-4-1)35-18-21-36(22-19-35)45-48-46(50-47(49-45)44-27-20-34-14-7-8-15-37(34)30-44)43-17-9-16-38(31-43)40-25-26-41-28-39(23-24-42(41)29-40)33-12-5-2-6-13-33;1-4-11-30(12-5-1)32-19-21-34(22-20-32)42-44-41(33-15-8-3-9-16-33)45-43(46-42)40-18-10-17-35(29-40)37-25-26-38-27-36(23-24-39(38)28-37)31-13-6-2-7-14-31/h1-33H;1-31H;1-29H. The normalized spacial score (nSPS) is 11.1. The van der Waals surface area contributed by atoms with Gasteiger partial charge < -0.3 is 0 Å². The van der Waals surface area contributed by atoms with Crippen LogP contribution in [0.1, 0.15) is 0 Å². The van der Waals surface area contributed by atoms with Crippen LogP contribution in [-0.2, 0) is 0 Å². The zero-order chi connectivity index (χ0) is 98.7. The van der Waals surface area contributed by atoms with E-state index in [1.165, 1.54) is 93.3 Å². The Labute approximate surface area is 859 Å². The lowest BCUT2D eigenvalue weighted by molar-refractivity contribution is 1.07. The molecule has 3 aromatic heterocycles. The fraction of sp³-hybridized carbons (Fsp3) is 0. The number of rotatable bonds is 19. The Morgan fingerprint density at radius 1 is 0.0676 bits per heavy atom. The number of hydrogen-bond donors (Lipinski definition) is 0. The first-order chi connectivity index (χ1) is 73.2. The molecule has 694 valence electrons. The summed E-state index contributed by atoms with van der Waals surface area (Å²) in [6.07, 6.45) is 0. The first-order valence-electron chi connectivity index (χ1n) is 49.8. The fourth-order valence-electron chi connectivity index (χ4n) is 19.2. The number of hydrogen-bond acceptors (Lipinski definition) is 9. The second-order valence-electron chi connectivity index (χ2n) is 36.8. The molecule has 3 heterocycles. The lowest BCUT2D eigenvalue weighted by Gasteiger charge is -2.11. The minimum Gasteiger partial charge on any atom is -0.208 e. The maximum Gasteiger partial charge on any atom is 0.164 e. The summed E-state index contributed by atoms with van der Waals surface area (Å²) in [4.78, 5) is 45.2. The second-order valence-corrected chi connectivity index (χ2v) is 36.8. The van der Waals surface area contributed by atoms with Gasteiger partial charge in [0.25, 0.3) is 0 Å². The number of aromatic nitrogens is 9. The van der Waals surface area contributed by atoms with Gasteiger partial charge in [-0.3, -0.25) is 0 Å². The van der Waals surface area contributed by atoms with Crippen LogP contribution in [0.15, 0.2) is 564 Å². The highest BCUT2D eigenvalue weighted by atomic mass is 15.1. The fourth-order valence-corrected chi connectivity index (χ4v) is 19.2. The molecule has 23 aromatic carbocycles. The van der Waals surface area contributed by atoms with Gasteiger partial charge in [-0.1, -0.05) is 504 Å². The van der Waals surface area contributed by atoms with Gasteiger partial charge >= 0.3 is 0 Å². The van der Waals surface area contributed by atoms with Crippen LogP contribution in [0.4, 0.5) is 0 Å². The molecule has 0 aliphatic carbocycles. The summed E-state index contributed by atoms with van der Waals surface area (Å²) in [6.45, 7) is 0. The van der Waals surface area contributed by atoms with E-state index in [4.69, 9.17) is 44.9 Å². The summed E-state index contributed by atoms with van der Waals surface area (Å²) in [5.41, 5.74) is 31.9. The van der Waals surface area contributed by atoms with Gasteiger partial charge in [-0.25, -0.2) is 44.9 Å². The van der Waals surface area contributed by atoms with Crippen LogP contribution in [0, 0.1) is 0 Å². The van der Waals surface area contributed by atoms with Gasteiger partial charge in [0.1, 0.15) is 0 Å². The molecule has 0 unspecified atom stereocenters. The molecular formula is C139H93N9. The highest BCUT2D eigenvalue weighted by Gasteiger charge is 2.21. The molecular weight excluding hydrogens is 1800 g/mol. The summed E-state index contributed by atoms with van der Waals surface area (Å²) in [5.74, 6) is 5.78. The second kappa shape index (κ2) is 41.7. The Balaban J connectivity index is 0.000000119. The van der Waals surface area contributed by atoms with E-state index in [0.29, 0.717) is 52.4 Å². The maximum atomic E-state index is 5.07. The van der Waals surface area contributed by atoms with Gasteiger partial charge in [-0.2, -0.15) is 0 Å². The quantitative estimate of drug-likeness (QED) is 0.0780. The molecule has 0 aliphatic heterocycles. The van der Waals surface area contributed by atoms with E-state index in [1.54, 1.807) is 0 Å². The molecule has 26 rings (SSSR count). The molecule has 0 amide bonds. The van der Waals surface area contributed by atoms with Gasteiger partial charge in [0.15, 0.2) is 52.4 Å². The lowest BCUT2D eigenvalue weighted by Crippen LogP contribution is -2.00. The Kier molecular flexibility index (Phi) is 25.6. The van der Waals surface area contributed by atoms with E-state index in [-0.39, 0.29) is 0 Å². The third-order valence-electron chi connectivity index (χ3n) is 27.2. The van der Waals surface area contributed by atoms with Crippen molar-refractivity contribution in [3.63, 3.8) is 0 Å². The molecule has 0 radical (unpaired) electrons. The van der Waals surface area contributed by atoms with Crippen molar-refractivity contribution in [1.82, 2.24) is 44.9 Å². The van der Waals surface area contributed by atoms with Crippen molar-refractivity contribution in [1.29, 1.82) is 0 Å². The van der Waals surface area contributed by atoms with Crippen molar-refractivity contribution in [2.24, 2.45) is 0 Å². The van der Waals surface area contributed by atoms with Crippen LogP contribution in [0.5, 0.6) is 0 Å². The minimum atomic E-state index is 0.634. The highest BCUT2D eigenvalue weighted by Crippen LogP contribution is 2.40. The van der Waals surface area contributed by atoms with E-state index >= 15 is 0 Å². The van der Waals surface area contributed by atoms with Gasteiger partial charge in [0.2, 0.25) is 0 Å². The van der Waals surface area contributed by atoms with E-state index < -0.39 is 0 Å². The Bertz CT molecular complexity index is 9150. The van der Waals surface area contributed by atoms with Crippen molar-refractivity contribution in [3.8, 4) is 214 Å².